The Morgan fingerprint density at radius 3 is 2.85 bits per heavy atom. The lowest BCUT2D eigenvalue weighted by atomic mass is 10.1. The average molecular weight is 178 g/mol. The predicted octanol–water partition coefficient (Wildman–Crippen LogP) is 1.50. The highest BCUT2D eigenvalue weighted by Crippen LogP contribution is 2.15. The molecule has 70 valence electrons. The van der Waals surface area contributed by atoms with Gasteiger partial charge in [0.15, 0.2) is 0 Å². The Morgan fingerprint density at radius 2 is 2.38 bits per heavy atom. The predicted molar refractivity (Wildman–Crippen MR) is 51.0 cm³/mol. The molecule has 0 spiro atoms. The van der Waals surface area contributed by atoms with E-state index >= 15 is 0 Å². The lowest BCUT2D eigenvalue weighted by Crippen LogP contribution is -2.04. The molecule has 1 heterocycles. The number of nitrogens with zero attached hydrogens (tertiary/aromatic N) is 3. The lowest BCUT2D eigenvalue weighted by Gasteiger charge is -1.99. The number of aryl methyl sites for hydroxylation is 1. The molecule has 4 nitrogen and oxygen atoms in total. The highest BCUT2D eigenvalue weighted by Gasteiger charge is 2.07. The lowest BCUT2D eigenvalue weighted by molar-refractivity contribution is 0.617. The Labute approximate surface area is 78.0 Å². The van der Waals surface area contributed by atoms with Gasteiger partial charge in [-0.05, 0) is 5.92 Å². The van der Waals surface area contributed by atoms with Gasteiger partial charge in [-0.1, -0.05) is 13.8 Å². The molecular weight excluding hydrogens is 164 g/mol. The molecule has 0 saturated carbocycles. The summed E-state index contributed by atoms with van der Waals surface area (Å²) < 4.78 is 1.68. The normalized spacial score (nSPS) is 10.3. The number of hydrogen-bond donors (Lipinski definition) is 1. The summed E-state index contributed by atoms with van der Waals surface area (Å²) >= 11 is 0. The first-order chi connectivity index (χ1) is 6.15. The van der Waals surface area contributed by atoms with E-state index in [0.29, 0.717) is 24.7 Å². The van der Waals surface area contributed by atoms with Crippen molar-refractivity contribution in [1.29, 1.82) is 5.26 Å². The second-order valence-electron chi connectivity index (χ2n) is 3.28. The number of anilines is 1. The van der Waals surface area contributed by atoms with Crippen LogP contribution in [0.2, 0.25) is 0 Å². The monoisotopic (exact) mass is 178 g/mol. The van der Waals surface area contributed by atoms with E-state index in [-0.39, 0.29) is 0 Å². The van der Waals surface area contributed by atoms with E-state index in [2.05, 4.69) is 25.0 Å². The van der Waals surface area contributed by atoms with Crippen LogP contribution in [0.3, 0.4) is 0 Å². The van der Waals surface area contributed by atoms with Crippen LogP contribution in [0.15, 0.2) is 6.07 Å². The van der Waals surface area contributed by atoms with Crippen LogP contribution in [0.1, 0.15) is 31.9 Å². The molecule has 0 aliphatic rings. The number of aromatic nitrogens is 2. The van der Waals surface area contributed by atoms with Crippen LogP contribution < -0.4 is 5.73 Å². The van der Waals surface area contributed by atoms with Gasteiger partial charge in [-0.2, -0.15) is 10.4 Å². The molecule has 0 aromatic carbocycles. The largest absolute Gasteiger partial charge is 0.384 e. The molecule has 0 saturated heterocycles. The Hall–Kier alpha value is -1.50. The van der Waals surface area contributed by atoms with Crippen molar-refractivity contribution in [2.45, 2.75) is 32.7 Å². The van der Waals surface area contributed by atoms with Gasteiger partial charge in [0.05, 0.1) is 24.7 Å². The molecule has 0 radical (unpaired) electrons. The van der Waals surface area contributed by atoms with Gasteiger partial charge < -0.3 is 5.73 Å². The minimum absolute atomic E-state index is 0.380. The maximum atomic E-state index is 8.40. The van der Waals surface area contributed by atoms with Gasteiger partial charge in [0.25, 0.3) is 0 Å². The summed E-state index contributed by atoms with van der Waals surface area (Å²) in [6, 6.07) is 3.93. The van der Waals surface area contributed by atoms with Gasteiger partial charge in [0.2, 0.25) is 0 Å². The third-order valence-corrected chi connectivity index (χ3v) is 1.86. The number of hydrogen-bond acceptors (Lipinski definition) is 3. The maximum absolute atomic E-state index is 8.40. The van der Waals surface area contributed by atoms with E-state index in [9.17, 15) is 0 Å². The van der Waals surface area contributed by atoms with Gasteiger partial charge in [-0.15, -0.1) is 0 Å². The van der Waals surface area contributed by atoms with E-state index in [1.165, 1.54) is 0 Å². The third-order valence-electron chi connectivity index (χ3n) is 1.86. The average Bonchev–Trinajstić information content (AvgIpc) is 2.44. The summed E-state index contributed by atoms with van der Waals surface area (Å²) in [5.41, 5.74) is 6.69. The SMILES string of the molecule is CC(C)c1cc(N)n(CCC#N)n1. The summed E-state index contributed by atoms with van der Waals surface area (Å²) in [5.74, 6) is 1.02. The van der Waals surface area contributed by atoms with Crippen LogP contribution in [0, 0.1) is 11.3 Å². The van der Waals surface area contributed by atoms with Crippen LogP contribution in [0.4, 0.5) is 5.82 Å². The van der Waals surface area contributed by atoms with Crippen LogP contribution in [0.25, 0.3) is 0 Å². The summed E-state index contributed by atoms with van der Waals surface area (Å²) in [6.45, 7) is 4.71. The molecule has 0 aliphatic carbocycles. The van der Waals surface area contributed by atoms with Crippen LogP contribution in [-0.2, 0) is 6.54 Å². The second-order valence-corrected chi connectivity index (χ2v) is 3.28. The van der Waals surface area contributed by atoms with E-state index in [1.807, 2.05) is 6.07 Å². The fourth-order valence-electron chi connectivity index (χ4n) is 1.07. The molecule has 0 unspecified atom stereocenters. The quantitative estimate of drug-likeness (QED) is 0.762. The fourth-order valence-corrected chi connectivity index (χ4v) is 1.07. The molecule has 0 atom stereocenters. The second kappa shape index (κ2) is 3.94. The highest BCUT2D eigenvalue weighted by atomic mass is 15.3. The fraction of sp³-hybridized carbons (Fsp3) is 0.556. The van der Waals surface area contributed by atoms with Gasteiger partial charge in [0.1, 0.15) is 5.82 Å². The van der Waals surface area contributed by atoms with Gasteiger partial charge >= 0.3 is 0 Å². The van der Waals surface area contributed by atoms with Gasteiger partial charge in [-0.3, -0.25) is 0 Å². The molecule has 2 N–H and O–H groups in total. The molecular formula is C9H14N4. The van der Waals surface area contributed by atoms with Crippen LogP contribution in [0.5, 0.6) is 0 Å². The Morgan fingerprint density at radius 1 is 1.69 bits per heavy atom. The zero-order valence-electron chi connectivity index (χ0n) is 7.99. The van der Waals surface area contributed by atoms with E-state index in [1.54, 1.807) is 4.68 Å². The Balaban J connectivity index is 2.79. The standard InChI is InChI=1S/C9H14N4/c1-7(2)8-6-9(11)13(12-8)5-3-4-10/h6-7H,3,5,11H2,1-2H3. The van der Waals surface area contributed by atoms with Crippen molar-refractivity contribution in [1.82, 2.24) is 9.78 Å². The van der Waals surface area contributed by atoms with Crippen LogP contribution in [-0.4, -0.2) is 9.78 Å². The molecule has 1 aromatic rings. The Kier molecular flexibility index (Phi) is 2.91. The summed E-state index contributed by atoms with van der Waals surface area (Å²) in [7, 11) is 0. The number of nitriles is 1. The number of nitrogens with two attached hydrogens (primary N) is 1. The van der Waals surface area contributed by atoms with Crippen molar-refractivity contribution in [2.24, 2.45) is 0 Å². The van der Waals surface area contributed by atoms with Crippen molar-refractivity contribution in [3.63, 3.8) is 0 Å². The molecule has 1 aromatic heterocycles. The van der Waals surface area contributed by atoms with E-state index in [4.69, 9.17) is 11.0 Å². The maximum Gasteiger partial charge on any atom is 0.121 e. The summed E-state index contributed by atoms with van der Waals surface area (Å²) in [6.07, 6.45) is 0.448. The molecule has 4 heteroatoms. The minimum Gasteiger partial charge on any atom is -0.384 e. The number of nitrogen functional groups attached to an aromatic ring is 1. The third kappa shape index (κ3) is 2.22. The molecule has 0 bridgehead atoms. The Bertz CT molecular complexity index is 319. The van der Waals surface area contributed by atoms with Gasteiger partial charge in [0, 0.05) is 6.07 Å². The van der Waals surface area contributed by atoms with E-state index < -0.39 is 0 Å². The minimum atomic E-state index is 0.380. The van der Waals surface area contributed by atoms with Crippen molar-refractivity contribution >= 4 is 5.82 Å². The smallest absolute Gasteiger partial charge is 0.121 e. The highest BCUT2D eigenvalue weighted by molar-refractivity contribution is 5.31. The molecule has 13 heavy (non-hydrogen) atoms. The molecule has 0 aliphatic heterocycles. The van der Waals surface area contributed by atoms with Crippen molar-refractivity contribution in [3.05, 3.63) is 11.8 Å². The zero-order valence-corrected chi connectivity index (χ0v) is 7.99. The van der Waals surface area contributed by atoms with Gasteiger partial charge in [-0.25, -0.2) is 4.68 Å². The summed E-state index contributed by atoms with van der Waals surface area (Å²) in [4.78, 5) is 0. The first-order valence-electron chi connectivity index (χ1n) is 4.35. The first-order valence-corrected chi connectivity index (χ1v) is 4.35. The molecule has 0 amide bonds. The zero-order chi connectivity index (χ0) is 9.84. The van der Waals surface area contributed by atoms with Crippen LogP contribution >= 0.6 is 0 Å². The van der Waals surface area contributed by atoms with Crippen molar-refractivity contribution in [2.75, 3.05) is 5.73 Å². The van der Waals surface area contributed by atoms with Crippen molar-refractivity contribution < 1.29 is 0 Å². The van der Waals surface area contributed by atoms with E-state index in [0.717, 1.165) is 5.69 Å². The molecule has 1 rings (SSSR count). The molecule has 0 fully saturated rings. The number of rotatable bonds is 3. The summed E-state index contributed by atoms with van der Waals surface area (Å²) in [5, 5.41) is 12.7. The van der Waals surface area contributed by atoms with Crippen molar-refractivity contribution in [3.8, 4) is 6.07 Å². The topological polar surface area (TPSA) is 67.6 Å². The first kappa shape index (κ1) is 9.59.